The topological polar surface area (TPSA) is 89.5 Å². The van der Waals surface area contributed by atoms with Gasteiger partial charge in [-0.15, -0.1) is 0 Å². The number of carbonyl (C=O) groups excluding carboxylic acids is 1. The molecule has 2 fully saturated rings. The number of para-hydroxylation sites is 1. The van der Waals surface area contributed by atoms with Crippen LogP contribution in [0.3, 0.4) is 0 Å². The number of likely N-dealkylation sites (tertiary alicyclic amines) is 2. The Balaban J connectivity index is 1.23. The van der Waals surface area contributed by atoms with Gasteiger partial charge >= 0.3 is 6.09 Å². The van der Waals surface area contributed by atoms with E-state index in [-0.39, 0.29) is 23.8 Å². The molecule has 0 saturated carbocycles. The molecular weight excluding hydrogens is 427 g/mol. The van der Waals surface area contributed by atoms with Crippen LogP contribution in [0.5, 0.6) is 0 Å². The predicted octanol–water partition coefficient (Wildman–Crippen LogP) is 3.38. The van der Waals surface area contributed by atoms with E-state index in [9.17, 15) is 9.18 Å². The number of benzene rings is 1. The highest BCUT2D eigenvalue weighted by Crippen LogP contribution is 2.30. The Hall–Kier alpha value is -3.01. The first-order valence-electron chi connectivity index (χ1n) is 11.6. The molecular formula is C23H29FN6O3. The lowest BCUT2D eigenvalue weighted by molar-refractivity contribution is 0.128. The van der Waals surface area contributed by atoms with Crippen LogP contribution in [0.15, 0.2) is 22.7 Å². The highest BCUT2D eigenvalue weighted by Gasteiger charge is 2.31. The third-order valence-electron chi connectivity index (χ3n) is 6.86. The van der Waals surface area contributed by atoms with E-state index in [1.165, 1.54) is 17.9 Å². The number of ether oxygens (including phenoxy) is 1. The standard InChI is InChI=1S/C23H29FN6O3/c1-3-19-17-5-4-6-18(24)20(17)30(26-19)22-25-21(33-27-22)16-8-10-28(11-9-16)13-15-7-12-29(14-15)23(31)32-2/h4-6,15-16H,3,7-14H2,1-2H3/t15-/m0/s1. The number of aryl methyl sites for hydroxylation is 1. The van der Waals surface area contributed by atoms with Gasteiger partial charge in [0.2, 0.25) is 5.89 Å². The number of hydrogen-bond donors (Lipinski definition) is 0. The largest absolute Gasteiger partial charge is 0.453 e. The Morgan fingerprint density at radius 2 is 2.06 bits per heavy atom. The molecule has 2 aliphatic heterocycles. The van der Waals surface area contributed by atoms with Crippen molar-refractivity contribution in [2.75, 3.05) is 39.8 Å². The maximum atomic E-state index is 14.6. The van der Waals surface area contributed by atoms with Gasteiger partial charge in [-0.2, -0.15) is 14.8 Å². The Labute approximate surface area is 191 Å². The first-order valence-corrected chi connectivity index (χ1v) is 11.6. The lowest BCUT2D eigenvalue weighted by Crippen LogP contribution is -2.37. The second-order valence-electron chi connectivity index (χ2n) is 8.93. The van der Waals surface area contributed by atoms with E-state index >= 15 is 0 Å². The van der Waals surface area contributed by atoms with Gasteiger partial charge < -0.3 is 19.1 Å². The average molecular weight is 457 g/mol. The van der Waals surface area contributed by atoms with Crippen molar-refractivity contribution in [3.05, 3.63) is 35.6 Å². The highest BCUT2D eigenvalue weighted by atomic mass is 19.1. The zero-order valence-corrected chi connectivity index (χ0v) is 19.0. The molecule has 33 heavy (non-hydrogen) atoms. The van der Waals surface area contributed by atoms with Gasteiger partial charge in [-0.3, -0.25) is 0 Å². The molecule has 1 amide bonds. The van der Waals surface area contributed by atoms with Crippen LogP contribution in [0.4, 0.5) is 9.18 Å². The van der Waals surface area contributed by atoms with Gasteiger partial charge in [0, 0.05) is 30.9 Å². The van der Waals surface area contributed by atoms with Crippen molar-refractivity contribution in [1.29, 1.82) is 0 Å². The summed E-state index contributed by atoms with van der Waals surface area (Å²) < 4.78 is 26.4. The molecule has 2 aliphatic rings. The average Bonchev–Trinajstić information content (AvgIpc) is 3.58. The van der Waals surface area contributed by atoms with E-state index in [0.717, 1.165) is 63.1 Å². The van der Waals surface area contributed by atoms with Crippen molar-refractivity contribution in [2.45, 2.75) is 38.5 Å². The number of carbonyl (C=O) groups is 1. The minimum atomic E-state index is -0.350. The Morgan fingerprint density at radius 1 is 1.24 bits per heavy atom. The quantitative estimate of drug-likeness (QED) is 0.581. The van der Waals surface area contributed by atoms with E-state index in [0.29, 0.717) is 23.7 Å². The number of methoxy groups -OCH3 is 1. The molecule has 0 radical (unpaired) electrons. The summed E-state index contributed by atoms with van der Waals surface area (Å²) in [6.07, 6.45) is 3.30. The summed E-state index contributed by atoms with van der Waals surface area (Å²) in [7, 11) is 1.43. The number of fused-ring (bicyclic) bond motifs is 1. The fourth-order valence-electron chi connectivity index (χ4n) is 5.08. The van der Waals surface area contributed by atoms with Gasteiger partial charge in [-0.25, -0.2) is 9.18 Å². The molecule has 0 unspecified atom stereocenters. The van der Waals surface area contributed by atoms with Crippen LogP contribution < -0.4 is 0 Å². The molecule has 0 N–H and O–H groups in total. The molecule has 0 spiro atoms. The van der Waals surface area contributed by atoms with Crippen LogP contribution >= 0.6 is 0 Å². The first-order chi connectivity index (χ1) is 16.1. The van der Waals surface area contributed by atoms with E-state index in [2.05, 4.69) is 20.1 Å². The number of aromatic nitrogens is 4. The predicted molar refractivity (Wildman–Crippen MR) is 119 cm³/mol. The maximum Gasteiger partial charge on any atom is 0.409 e. The van der Waals surface area contributed by atoms with Gasteiger partial charge in [0.1, 0.15) is 11.3 Å². The summed E-state index contributed by atoms with van der Waals surface area (Å²) in [5.41, 5.74) is 1.19. The van der Waals surface area contributed by atoms with E-state index in [1.54, 1.807) is 11.0 Å². The lowest BCUT2D eigenvalue weighted by Gasteiger charge is -2.32. The third kappa shape index (κ3) is 4.19. The first kappa shape index (κ1) is 21.8. The number of piperidine rings is 1. The van der Waals surface area contributed by atoms with E-state index in [4.69, 9.17) is 9.26 Å². The van der Waals surface area contributed by atoms with Gasteiger partial charge in [0.15, 0.2) is 0 Å². The molecule has 0 aliphatic carbocycles. The molecule has 4 heterocycles. The fourth-order valence-corrected chi connectivity index (χ4v) is 5.08. The second kappa shape index (κ2) is 9.09. The third-order valence-corrected chi connectivity index (χ3v) is 6.86. The SMILES string of the molecule is CCc1nn(-c2noc(C3CCN(C[C@@H]4CCN(C(=O)OC)C4)CC3)n2)c2c(F)cccc12. The number of halogens is 1. The number of hydrogen-bond acceptors (Lipinski definition) is 7. The van der Waals surface area contributed by atoms with E-state index in [1.807, 2.05) is 13.0 Å². The van der Waals surface area contributed by atoms with Gasteiger partial charge in [0.05, 0.1) is 12.8 Å². The molecule has 176 valence electrons. The number of rotatable bonds is 5. The Morgan fingerprint density at radius 3 is 2.82 bits per heavy atom. The summed E-state index contributed by atoms with van der Waals surface area (Å²) in [4.78, 5) is 20.5. The van der Waals surface area contributed by atoms with Gasteiger partial charge in [0.25, 0.3) is 5.95 Å². The molecule has 0 bridgehead atoms. The van der Waals surface area contributed by atoms with Gasteiger partial charge in [-0.05, 0) is 55.9 Å². The summed E-state index contributed by atoms with van der Waals surface area (Å²) in [5, 5.41) is 9.43. The molecule has 2 aromatic heterocycles. The van der Waals surface area contributed by atoms with Crippen LogP contribution in [0, 0.1) is 11.7 Å². The molecule has 3 aromatic rings. The fraction of sp³-hybridized carbons (Fsp3) is 0.565. The normalized spacial score (nSPS) is 20.1. The van der Waals surface area contributed by atoms with Crippen LogP contribution in [0.2, 0.25) is 0 Å². The minimum Gasteiger partial charge on any atom is -0.453 e. The van der Waals surface area contributed by atoms with Crippen molar-refractivity contribution < 1.29 is 18.4 Å². The number of amides is 1. The molecule has 9 nitrogen and oxygen atoms in total. The van der Waals surface area contributed by atoms with E-state index < -0.39 is 0 Å². The number of nitrogens with zero attached hydrogens (tertiary/aromatic N) is 6. The van der Waals surface area contributed by atoms with Crippen LogP contribution in [0.1, 0.15) is 43.7 Å². The monoisotopic (exact) mass is 456 g/mol. The minimum absolute atomic E-state index is 0.176. The Kier molecular flexibility index (Phi) is 6.01. The summed E-state index contributed by atoms with van der Waals surface area (Å²) in [5.74, 6) is 1.16. The molecule has 1 aromatic carbocycles. The molecule has 1 atom stereocenters. The lowest BCUT2D eigenvalue weighted by atomic mass is 9.95. The molecule has 10 heteroatoms. The summed E-state index contributed by atoms with van der Waals surface area (Å²) >= 11 is 0. The van der Waals surface area contributed by atoms with Crippen molar-refractivity contribution in [2.24, 2.45) is 5.92 Å². The van der Waals surface area contributed by atoms with Crippen LogP contribution in [-0.4, -0.2) is 75.6 Å². The Bertz CT molecular complexity index is 1140. The zero-order chi connectivity index (χ0) is 22.9. The van der Waals surface area contributed by atoms with Crippen molar-refractivity contribution in [3.8, 4) is 5.95 Å². The van der Waals surface area contributed by atoms with Crippen molar-refractivity contribution in [1.82, 2.24) is 29.7 Å². The smallest absolute Gasteiger partial charge is 0.409 e. The van der Waals surface area contributed by atoms with Gasteiger partial charge in [-0.1, -0.05) is 19.1 Å². The van der Waals surface area contributed by atoms with Crippen molar-refractivity contribution >= 4 is 17.0 Å². The maximum absolute atomic E-state index is 14.6. The molecule has 5 rings (SSSR count). The van der Waals surface area contributed by atoms with Crippen molar-refractivity contribution in [3.63, 3.8) is 0 Å². The summed E-state index contributed by atoms with van der Waals surface area (Å²) in [6.45, 7) is 6.38. The summed E-state index contributed by atoms with van der Waals surface area (Å²) in [6, 6.07) is 4.98. The molecule has 2 saturated heterocycles. The highest BCUT2D eigenvalue weighted by molar-refractivity contribution is 5.83. The zero-order valence-electron chi connectivity index (χ0n) is 19.0. The second-order valence-corrected chi connectivity index (χ2v) is 8.93. The van der Waals surface area contributed by atoms with Crippen LogP contribution in [-0.2, 0) is 11.2 Å². The van der Waals surface area contributed by atoms with Crippen LogP contribution in [0.25, 0.3) is 16.9 Å².